The number of ether oxygens (including phenoxy) is 1. The smallest absolute Gasteiger partial charge is 0.268 e. The van der Waals surface area contributed by atoms with Crippen LogP contribution in [0.1, 0.15) is 21.5 Å². The summed E-state index contributed by atoms with van der Waals surface area (Å²) in [5.41, 5.74) is 1.25. The minimum Gasteiger partial charge on any atom is -0.495 e. The van der Waals surface area contributed by atoms with Crippen molar-refractivity contribution >= 4 is 11.6 Å². The largest absolute Gasteiger partial charge is 0.495 e. The lowest BCUT2D eigenvalue weighted by atomic mass is 10.1. The molecule has 0 aliphatic heterocycles. The Morgan fingerprint density at radius 2 is 2.04 bits per heavy atom. The molecule has 0 saturated carbocycles. The average Bonchev–Trinajstić information content (AvgIpc) is 2.68. The normalized spacial score (nSPS) is 10.1. The van der Waals surface area contributed by atoms with Crippen LogP contribution in [0.4, 0.5) is 5.69 Å². The minimum absolute atomic E-state index is 0.00534. The van der Waals surface area contributed by atoms with E-state index in [9.17, 15) is 9.59 Å². The van der Waals surface area contributed by atoms with Gasteiger partial charge in [-0.1, -0.05) is 12.1 Å². The molecule has 3 rings (SSSR count). The molecule has 7 nitrogen and oxygen atoms in total. The van der Waals surface area contributed by atoms with Crippen molar-refractivity contribution in [2.45, 2.75) is 6.92 Å². The average molecular weight is 360 g/mol. The predicted octanol–water partition coefficient (Wildman–Crippen LogP) is 2.67. The quantitative estimate of drug-likeness (QED) is 0.771. The highest BCUT2D eigenvalue weighted by molar-refractivity contribution is 6.05. The third-order valence-electron chi connectivity index (χ3n) is 4.00. The topological polar surface area (TPSA) is 97.0 Å². The van der Waals surface area contributed by atoms with Gasteiger partial charge in [0.15, 0.2) is 0 Å². The molecule has 1 N–H and O–H groups in total. The maximum Gasteiger partial charge on any atom is 0.268 e. The molecule has 0 aliphatic carbocycles. The fourth-order valence-electron chi connectivity index (χ4n) is 2.68. The van der Waals surface area contributed by atoms with Gasteiger partial charge in [0.2, 0.25) is 0 Å². The summed E-state index contributed by atoms with van der Waals surface area (Å²) in [5, 5.41) is 11.6. The fourth-order valence-corrected chi connectivity index (χ4v) is 2.68. The van der Waals surface area contributed by atoms with Gasteiger partial charge >= 0.3 is 0 Å². The van der Waals surface area contributed by atoms with Crippen molar-refractivity contribution in [3.8, 4) is 17.5 Å². The molecule has 134 valence electrons. The summed E-state index contributed by atoms with van der Waals surface area (Å²) in [4.78, 5) is 29.6. The number of nitrogens with zero attached hydrogens (tertiary/aromatic N) is 3. The number of nitrogens with one attached hydrogen (secondary N) is 1. The molecule has 7 heteroatoms. The summed E-state index contributed by atoms with van der Waals surface area (Å²) in [6, 6.07) is 12.2. The number of hydrogen-bond donors (Lipinski definition) is 1. The predicted molar refractivity (Wildman–Crippen MR) is 100 cm³/mol. The first-order chi connectivity index (χ1) is 13.0. The Labute approximate surface area is 155 Å². The van der Waals surface area contributed by atoms with Gasteiger partial charge in [-0.15, -0.1) is 0 Å². The molecule has 0 radical (unpaired) electrons. The van der Waals surface area contributed by atoms with E-state index in [-0.39, 0.29) is 5.56 Å². The summed E-state index contributed by atoms with van der Waals surface area (Å²) in [6.45, 7) is 1.69. The lowest BCUT2D eigenvalue weighted by molar-refractivity contribution is 0.102. The molecule has 0 aliphatic rings. The van der Waals surface area contributed by atoms with Crippen molar-refractivity contribution in [2.75, 3.05) is 12.4 Å². The Bertz CT molecular complexity index is 1110. The highest BCUT2D eigenvalue weighted by Gasteiger charge is 2.18. The molecule has 2 heterocycles. The molecular formula is C20H16N4O3. The fraction of sp³-hybridized carbons (Fsp3) is 0.100. The van der Waals surface area contributed by atoms with Crippen molar-refractivity contribution in [1.29, 1.82) is 5.26 Å². The van der Waals surface area contributed by atoms with Crippen LogP contribution in [-0.2, 0) is 0 Å². The molecule has 0 bridgehead atoms. The van der Waals surface area contributed by atoms with E-state index in [0.29, 0.717) is 28.3 Å². The van der Waals surface area contributed by atoms with Crippen LogP contribution in [0.25, 0.3) is 5.69 Å². The number of aromatic nitrogens is 2. The lowest BCUT2D eigenvalue weighted by Crippen LogP contribution is -2.29. The van der Waals surface area contributed by atoms with Crippen molar-refractivity contribution in [1.82, 2.24) is 9.55 Å². The number of carbonyl (C=O) groups is 1. The number of hydrogen-bond acceptors (Lipinski definition) is 5. The zero-order chi connectivity index (χ0) is 19.4. The van der Waals surface area contributed by atoms with E-state index in [1.807, 2.05) is 6.07 Å². The van der Waals surface area contributed by atoms with Crippen LogP contribution in [0.2, 0.25) is 0 Å². The molecule has 0 spiro atoms. The Morgan fingerprint density at radius 3 is 2.78 bits per heavy atom. The second-order valence-electron chi connectivity index (χ2n) is 5.75. The Morgan fingerprint density at radius 1 is 1.26 bits per heavy atom. The Balaban J connectivity index is 2.04. The maximum absolute atomic E-state index is 13.0. The number of para-hydroxylation sites is 2. The van der Waals surface area contributed by atoms with E-state index in [1.54, 1.807) is 43.5 Å². The van der Waals surface area contributed by atoms with E-state index < -0.39 is 11.5 Å². The molecular weight excluding hydrogens is 344 g/mol. The zero-order valence-corrected chi connectivity index (χ0v) is 14.8. The molecule has 1 amide bonds. The van der Waals surface area contributed by atoms with Gasteiger partial charge in [-0.3, -0.25) is 19.1 Å². The molecule has 2 aromatic heterocycles. The summed E-state index contributed by atoms with van der Waals surface area (Å²) >= 11 is 0. The third kappa shape index (κ3) is 3.55. The van der Waals surface area contributed by atoms with E-state index in [2.05, 4.69) is 10.3 Å². The van der Waals surface area contributed by atoms with Gasteiger partial charge in [0, 0.05) is 12.4 Å². The molecule has 0 atom stereocenters. The van der Waals surface area contributed by atoms with Crippen molar-refractivity contribution in [3.05, 3.63) is 82.0 Å². The molecule has 0 unspecified atom stereocenters. The molecule has 0 saturated heterocycles. The van der Waals surface area contributed by atoms with Crippen LogP contribution in [0.5, 0.6) is 5.75 Å². The van der Waals surface area contributed by atoms with Crippen LogP contribution in [0.15, 0.2) is 59.8 Å². The Hall–Kier alpha value is -3.92. The molecule has 27 heavy (non-hydrogen) atoms. The highest BCUT2D eigenvalue weighted by atomic mass is 16.5. The van der Waals surface area contributed by atoms with E-state index in [0.717, 1.165) is 0 Å². The van der Waals surface area contributed by atoms with Crippen molar-refractivity contribution < 1.29 is 9.53 Å². The number of carbonyl (C=O) groups excluding carboxylic acids is 1. The van der Waals surface area contributed by atoms with E-state index in [4.69, 9.17) is 10.00 Å². The summed E-state index contributed by atoms with van der Waals surface area (Å²) in [7, 11) is 1.51. The van der Waals surface area contributed by atoms with E-state index in [1.165, 1.54) is 30.1 Å². The molecule has 3 aromatic rings. The van der Waals surface area contributed by atoms with E-state index >= 15 is 0 Å². The van der Waals surface area contributed by atoms with Gasteiger partial charge in [0.1, 0.15) is 17.4 Å². The van der Waals surface area contributed by atoms with Crippen LogP contribution in [-0.4, -0.2) is 22.6 Å². The van der Waals surface area contributed by atoms with Crippen LogP contribution < -0.4 is 15.6 Å². The first-order valence-corrected chi connectivity index (χ1v) is 8.07. The lowest BCUT2D eigenvalue weighted by Gasteiger charge is -2.13. The third-order valence-corrected chi connectivity index (χ3v) is 4.00. The van der Waals surface area contributed by atoms with Gasteiger partial charge < -0.3 is 10.1 Å². The van der Waals surface area contributed by atoms with Gasteiger partial charge in [0.05, 0.1) is 30.2 Å². The number of benzene rings is 1. The van der Waals surface area contributed by atoms with Crippen molar-refractivity contribution in [3.63, 3.8) is 0 Å². The monoisotopic (exact) mass is 360 g/mol. The van der Waals surface area contributed by atoms with Gasteiger partial charge in [-0.25, -0.2) is 0 Å². The number of methoxy groups -OCH3 is 1. The van der Waals surface area contributed by atoms with Crippen LogP contribution in [0, 0.1) is 18.3 Å². The first kappa shape index (κ1) is 17.9. The maximum atomic E-state index is 13.0. The number of anilines is 1. The SMILES string of the molecule is COc1ccccc1-n1ccc(C)c(C(=O)Nc2cncc(C#N)c2)c1=O. The molecule has 1 aromatic carbocycles. The Kier molecular flexibility index (Phi) is 4.99. The second kappa shape index (κ2) is 7.54. The first-order valence-electron chi connectivity index (χ1n) is 8.07. The number of nitriles is 1. The van der Waals surface area contributed by atoms with Crippen LogP contribution >= 0.6 is 0 Å². The van der Waals surface area contributed by atoms with Crippen molar-refractivity contribution in [2.24, 2.45) is 0 Å². The summed E-state index contributed by atoms with van der Waals surface area (Å²) in [5.74, 6) is -0.0561. The van der Waals surface area contributed by atoms with Gasteiger partial charge in [-0.05, 0) is 36.8 Å². The zero-order valence-electron chi connectivity index (χ0n) is 14.8. The standard InChI is InChI=1S/C20H16N4O3/c1-13-7-8-24(16-5-3-4-6-17(16)27-2)20(26)18(13)19(25)23-15-9-14(10-21)11-22-12-15/h3-9,11-12H,1-2H3,(H,23,25). The van der Waals surface area contributed by atoms with Crippen LogP contribution in [0.3, 0.4) is 0 Å². The minimum atomic E-state index is -0.571. The van der Waals surface area contributed by atoms with Gasteiger partial charge in [0.25, 0.3) is 11.5 Å². The number of pyridine rings is 2. The summed E-state index contributed by atoms with van der Waals surface area (Å²) in [6.07, 6.45) is 4.40. The van der Waals surface area contributed by atoms with Gasteiger partial charge in [-0.2, -0.15) is 5.26 Å². The number of amides is 1. The summed E-state index contributed by atoms with van der Waals surface area (Å²) < 4.78 is 6.67. The second-order valence-corrected chi connectivity index (χ2v) is 5.75. The number of rotatable bonds is 4. The highest BCUT2D eigenvalue weighted by Crippen LogP contribution is 2.21. The molecule has 0 fully saturated rings. The number of aryl methyl sites for hydroxylation is 1.